The highest BCUT2D eigenvalue weighted by Crippen LogP contribution is 2.50. The van der Waals surface area contributed by atoms with Gasteiger partial charge in [0.2, 0.25) is 0 Å². The summed E-state index contributed by atoms with van der Waals surface area (Å²) in [6.07, 6.45) is 4.80. The van der Waals surface area contributed by atoms with Crippen molar-refractivity contribution in [1.82, 2.24) is 4.57 Å². The van der Waals surface area contributed by atoms with E-state index < -0.39 is 0 Å². The van der Waals surface area contributed by atoms with Gasteiger partial charge in [-0.1, -0.05) is 123 Å². The summed E-state index contributed by atoms with van der Waals surface area (Å²) in [5.41, 5.74) is 19.3. The van der Waals surface area contributed by atoms with Gasteiger partial charge < -0.3 is 9.47 Å². The quantitative estimate of drug-likeness (QED) is 0.169. The number of fused-ring (bicyclic) bond motifs is 6. The van der Waals surface area contributed by atoms with Gasteiger partial charge in [0, 0.05) is 39.2 Å². The zero-order valence-corrected chi connectivity index (χ0v) is 30.4. The second-order valence-corrected chi connectivity index (χ2v) is 15.2. The van der Waals surface area contributed by atoms with Crippen LogP contribution in [0.4, 0.5) is 17.1 Å². The monoisotopic (exact) mass is 682 g/mol. The summed E-state index contributed by atoms with van der Waals surface area (Å²) in [5.74, 6) is 0. The maximum Gasteiger partial charge on any atom is 0.0534 e. The van der Waals surface area contributed by atoms with Gasteiger partial charge in [-0.3, -0.25) is 0 Å². The van der Waals surface area contributed by atoms with E-state index in [1.54, 1.807) is 0 Å². The van der Waals surface area contributed by atoms with E-state index in [4.69, 9.17) is 0 Å². The molecule has 0 saturated carbocycles. The number of anilines is 3. The highest BCUT2D eigenvalue weighted by molar-refractivity contribution is 5.92. The molecule has 0 N–H and O–H groups in total. The van der Waals surface area contributed by atoms with Gasteiger partial charge in [-0.15, -0.1) is 0 Å². The Morgan fingerprint density at radius 1 is 0.472 bits per heavy atom. The fourth-order valence-corrected chi connectivity index (χ4v) is 9.11. The van der Waals surface area contributed by atoms with Crippen LogP contribution in [0, 0.1) is 0 Å². The standard InChI is InChI=1S/C51H42N2/c1-51(2)47-19-11-9-17-43(47)44-31-30-42(34-48(44)51)52(40-26-21-36(22-27-40)35-13-5-3-6-14-35)41-28-23-37(24-29-41)38-25-32-50-46(33-38)45-18-10-12-20-49(45)53(50)39-15-7-4-8-16-39/h3-9,11,13-17,19,21-34H,10,12,18,20H2,1-2H3. The van der Waals surface area contributed by atoms with E-state index in [9.17, 15) is 0 Å². The lowest BCUT2D eigenvalue weighted by Gasteiger charge is -2.28. The van der Waals surface area contributed by atoms with Gasteiger partial charge in [-0.25, -0.2) is 0 Å². The predicted molar refractivity (Wildman–Crippen MR) is 223 cm³/mol. The van der Waals surface area contributed by atoms with Gasteiger partial charge in [-0.05, 0) is 136 Å². The van der Waals surface area contributed by atoms with Crippen LogP contribution in [-0.2, 0) is 18.3 Å². The van der Waals surface area contributed by atoms with Crippen LogP contribution in [0.5, 0.6) is 0 Å². The Morgan fingerprint density at radius 2 is 1.04 bits per heavy atom. The summed E-state index contributed by atoms with van der Waals surface area (Å²) in [6, 6.07) is 62.7. The SMILES string of the molecule is CC1(C)c2ccccc2-c2ccc(N(c3ccc(-c4ccccc4)cc3)c3ccc(-c4ccc5c(c4)c4c(n5-c5ccccc5)CCCC4)cc3)cc21. The van der Waals surface area contributed by atoms with E-state index in [1.807, 2.05) is 0 Å². The first kappa shape index (κ1) is 31.6. The molecular weight excluding hydrogens is 641 g/mol. The molecule has 7 aromatic carbocycles. The molecule has 0 radical (unpaired) electrons. The minimum Gasteiger partial charge on any atom is -0.313 e. The fraction of sp³-hybridized carbons (Fsp3) is 0.137. The first-order valence-electron chi connectivity index (χ1n) is 19.1. The van der Waals surface area contributed by atoms with Crippen LogP contribution in [0.3, 0.4) is 0 Å². The first-order valence-corrected chi connectivity index (χ1v) is 19.1. The van der Waals surface area contributed by atoms with Crippen LogP contribution in [0.2, 0.25) is 0 Å². The minimum atomic E-state index is -0.0775. The van der Waals surface area contributed by atoms with Gasteiger partial charge in [0.15, 0.2) is 0 Å². The molecule has 0 spiro atoms. The summed E-state index contributed by atoms with van der Waals surface area (Å²) in [4.78, 5) is 2.41. The Hall–Kier alpha value is -6.12. The molecular formula is C51H42N2. The molecule has 0 unspecified atom stereocenters. The molecule has 0 amide bonds. The van der Waals surface area contributed by atoms with Gasteiger partial charge in [-0.2, -0.15) is 0 Å². The van der Waals surface area contributed by atoms with Crippen molar-refractivity contribution in [3.8, 4) is 39.1 Å². The number of benzene rings is 7. The molecule has 2 aliphatic carbocycles. The Bertz CT molecular complexity index is 2610. The highest BCUT2D eigenvalue weighted by atomic mass is 15.1. The maximum absolute atomic E-state index is 2.51. The summed E-state index contributed by atoms with van der Waals surface area (Å²) in [6.45, 7) is 4.72. The molecule has 256 valence electrons. The van der Waals surface area contributed by atoms with Crippen molar-refractivity contribution in [2.24, 2.45) is 0 Å². The molecule has 1 aromatic heterocycles. The van der Waals surface area contributed by atoms with E-state index in [2.05, 4.69) is 193 Å². The number of rotatable bonds is 6. The average molecular weight is 683 g/mol. The number of hydrogen-bond donors (Lipinski definition) is 0. The van der Waals surface area contributed by atoms with Crippen LogP contribution in [0.15, 0.2) is 170 Å². The average Bonchev–Trinajstić information content (AvgIpc) is 3.67. The van der Waals surface area contributed by atoms with E-state index in [-0.39, 0.29) is 5.41 Å². The lowest BCUT2D eigenvalue weighted by Crippen LogP contribution is -2.16. The summed E-state index contributed by atoms with van der Waals surface area (Å²) in [7, 11) is 0. The van der Waals surface area contributed by atoms with Crippen LogP contribution in [0.1, 0.15) is 49.1 Å². The Balaban J connectivity index is 1.06. The third-order valence-corrected chi connectivity index (χ3v) is 11.8. The molecule has 2 nitrogen and oxygen atoms in total. The summed E-state index contributed by atoms with van der Waals surface area (Å²) >= 11 is 0. The van der Waals surface area contributed by atoms with Gasteiger partial charge in [0.05, 0.1) is 5.52 Å². The highest BCUT2D eigenvalue weighted by Gasteiger charge is 2.35. The lowest BCUT2D eigenvalue weighted by atomic mass is 9.82. The smallest absolute Gasteiger partial charge is 0.0534 e. The molecule has 1 heterocycles. The van der Waals surface area contributed by atoms with Crippen molar-refractivity contribution < 1.29 is 0 Å². The topological polar surface area (TPSA) is 8.17 Å². The van der Waals surface area contributed by atoms with Crippen molar-refractivity contribution in [3.05, 3.63) is 192 Å². The number of para-hydroxylation sites is 1. The second-order valence-electron chi connectivity index (χ2n) is 15.2. The van der Waals surface area contributed by atoms with Crippen LogP contribution < -0.4 is 4.90 Å². The number of hydrogen-bond acceptors (Lipinski definition) is 1. The predicted octanol–water partition coefficient (Wildman–Crippen LogP) is 13.6. The first-order chi connectivity index (χ1) is 26.0. The van der Waals surface area contributed by atoms with Crippen molar-refractivity contribution in [3.63, 3.8) is 0 Å². The van der Waals surface area contributed by atoms with Crippen LogP contribution in [0.25, 0.3) is 50.0 Å². The number of aromatic nitrogens is 1. The third-order valence-electron chi connectivity index (χ3n) is 11.8. The van der Waals surface area contributed by atoms with E-state index in [1.165, 1.54) is 90.9 Å². The Morgan fingerprint density at radius 3 is 1.77 bits per heavy atom. The molecule has 53 heavy (non-hydrogen) atoms. The van der Waals surface area contributed by atoms with E-state index >= 15 is 0 Å². The number of nitrogens with zero attached hydrogens (tertiary/aromatic N) is 2. The largest absolute Gasteiger partial charge is 0.313 e. The summed E-state index contributed by atoms with van der Waals surface area (Å²) < 4.78 is 2.51. The number of aryl methyl sites for hydroxylation is 1. The lowest BCUT2D eigenvalue weighted by molar-refractivity contribution is 0.660. The molecule has 2 aliphatic rings. The Labute approximate surface area is 312 Å². The van der Waals surface area contributed by atoms with Gasteiger partial charge in [0.1, 0.15) is 0 Å². The molecule has 0 bridgehead atoms. The van der Waals surface area contributed by atoms with Crippen LogP contribution >= 0.6 is 0 Å². The normalized spacial score (nSPS) is 14.1. The van der Waals surface area contributed by atoms with Crippen LogP contribution in [-0.4, -0.2) is 4.57 Å². The summed E-state index contributed by atoms with van der Waals surface area (Å²) in [5, 5.41) is 1.40. The molecule has 0 atom stereocenters. The van der Waals surface area contributed by atoms with Gasteiger partial charge >= 0.3 is 0 Å². The fourth-order valence-electron chi connectivity index (χ4n) is 9.11. The maximum atomic E-state index is 2.51. The molecule has 0 fully saturated rings. The molecule has 2 heteroatoms. The zero-order valence-electron chi connectivity index (χ0n) is 30.4. The van der Waals surface area contributed by atoms with Crippen molar-refractivity contribution in [2.75, 3.05) is 4.90 Å². The van der Waals surface area contributed by atoms with E-state index in [0.29, 0.717) is 0 Å². The van der Waals surface area contributed by atoms with E-state index in [0.717, 1.165) is 24.2 Å². The second kappa shape index (κ2) is 12.5. The molecule has 8 aromatic rings. The minimum absolute atomic E-state index is 0.0775. The zero-order chi connectivity index (χ0) is 35.5. The Kier molecular flexibility index (Phi) is 7.47. The van der Waals surface area contributed by atoms with Gasteiger partial charge in [0.25, 0.3) is 0 Å². The van der Waals surface area contributed by atoms with Crippen molar-refractivity contribution in [1.29, 1.82) is 0 Å². The molecule has 0 saturated heterocycles. The van der Waals surface area contributed by atoms with Crippen molar-refractivity contribution in [2.45, 2.75) is 44.9 Å². The molecule has 0 aliphatic heterocycles. The van der Waals surface area contributed by atoms with Crippen molar-refractivity contribution >= 4 is 28.0 Å². The molecule has 10 rings (SSSR count). The third kappa shape index (κ3) is 5.24.